The SMILES string of the molecule is COc1cccc(-c2nc3cccc4c3n2CCNC4=O)c1OCc1ccccc1. The molecule has 1 aliphatic rings. The van der Waals surface area contributed by atoms with E-state index in [4.69, 9.17) is 14.5 Å². The van der Waals surface area contributed by atoms with Crippen LogP contribution >= 0.6 is 0 Å². The van der Waals surface area contributed by atoms with Crippen molar-refractivity contribution in [3.05, 3.63) is 77.9 Å². The van der Waals surface area contributed by atoms with Crippen molar-refractivity contribution < 1.29 is 14.3 Å². The Balaban J connectivity index is 1.66. The van der Waals surface area contributed by atoms with Crippen LogP contribution in [0.5, 0.6) is 11.5 Å². The van der Waals surface area contributed by atoms with Crippen molar-refractivity contribution in [2.75, 3.05) is 13.7 Å². The summed E-state index contributed by atoms with van der Waals surface area (Å²) in [5, 5.41) is 2.96. The van der Waals surface area contributed by atoms with Gasteiger partial charge in [0.25, 0.3) is 5.91 Å². The Morgan fingerprint density at radius 3 is 2.63 bits per heavy atom. The lowest BCUT2D eigenvalue weighted by Gasteiger charge is -2.16. The topological polar surface area (TPSA) is 65.4 Å². The number of ether oxygens (including phenoxy) is 2. The Morgan fingerprint density at radius 1 is 1.00 bits per heavy atom. The van der Waals surface area contributed by atoms with Crippen molar-refractivity contribution >= 4 is 16.9 Å². The first-order valence-corrected chi connectivity index (χ1v) is 9.88. The Morgan fingerprint density at radius 2 is 1.80 bits per heavy atom. The van der Waals surface area contributed by atoms with Gasteiger partial charge in [0.2, 0.25) is 0 Å². The minimum atomic E-state index is -0.0722. The molecule has 150 valence electrons. The summed E-state index contributed by atoms with van der Waals surface area (Å²) in [7, 11) is 1.63. The number of methoxy groups -OCH3 is 1. The van der Waals surface area contributed by atoms with Crippen LogP contribution in [-0.2, 0) is 13.2 Å². The number of nitrogens with zero attached hydrogens (tertiary/aromatic N) is 2. The summed E-state index contributed by atoms with van der Waals surface area (Å²) in [5.74, 6) is 1.97. The van der Waals surface area contributed by atoms with E-state index < -0.39 is 0 Å². The van der Waals surface area contributed by atoms with Gasteiger partial charge >= 0.3 is 0 Å². The fourth-order valence-electron chi connectivity index (χ4n) is 3.90. The third-order valence-electron chi connectivity index (χ3n) is 5.30. The third-order valence-corrected chi connectivity index (χ3v) is 5.30. The molecule has 6 heteroatoms. The van der Waals surface area contributed by atoms with Gasteiger partial charge in [-0.1, -0.05) is 42.5 Å². The van der Waals surface area contributed by atoms with Gasteiger partial charge in [0.15, 0.2) is 11.5 Å². The van der Waals surface area contributed by atoms with Gasteiger partial charge in [0.05, 0.1) is 29.3 Å². The highest BCUT2D eigenvalue weighted by Gasteiger charge is 2.24. The number of aromatic nitrogens is 2. The molecule has 1 aromatic heterocycles. The van der Waals surface area contributed by atoms with Crippen LogP contribution in [0.3, 0.4) is 0 Å². The summed E-state index contributed by atoms with van der Waals surface area (Å²) in [6, 6.07) is 21.4. The van der Waals surface area contributed by atoms with E-state index in [2.05, 4.69) is 9.88 Å². The highest BCUT2D eigenvalue weighted by molar-refractivity contribution is 6.06. The fraction of sp³-hybridized carbons (Fsp3) is 0.167. The van der Waals surface area contributed by atoms with E-state index in [0.717, 1.165) is 28.0 Å². The zero-order valence-electron chi connectivity index (χ0n) is 16.6. The lowest BCUT2D eigenvalue weighted by atomic mass is 10.1. The predicted octanol–water partition coefficient (Wildman–Crippen LogP) is 4.03. The van der Waals surface area contributed by atoms with Gasteiger partial charge < -0.3 is 19.4 Å². The number of imidazole rings is 1. The molecule has 0 spiro atoms. The minimum absolute atomic E-state index is 0.0722. The van der Waals surface area contributed by atoms with Crippen molar-refractivity contribution in [2.24, 2.45) is 0 Å². The molecule has 1 aliphatic heterocycles. The zero-order valence-corrected chi connectivity index (χ0v) is 16.6. The van der Waals surface area contributed by atoms with E-state index >= 15 is 0 Å². The Hall–Kier alpha value is -3.80. The molecular weight excluding hydrogens is 378 g/mol. The van der Waals surface area contributed by atoms with Gasteiger partial charge in [-0.3, -0.25) is 4.79 Å². The summed E-state index contributed by atoms with van der Waals surface area (Å²) in [4.78, 5) is 17.3. The summed E-state index contributed by atoms with van der Waals surface area (Å²) in [5.41, 5.74) is 4.17. The average Bonchev–Trinajstić information content (AvgIpc) is 3.07. The zero-order chi connectivity index (χ0) is 20.5. The van der Waals surface area contributed by atoms with Crippen LogP contribution in [0, 0.1) is 0 Å². The number of nitrogens with one attached hydrogen (secondary N) is 1. The standard InChI is InChI=1S/C24H21N3O3/c1-29-20-12-6-10-18(22(20)30-15-16-7-3-2-4-8-16)23-26-19-11-5-9-17-21(19)27(23)14-13-25-24(17)28/h2-12H,13-15H2,1H3,(H,25,28). The molecule has 0 saturated heterocycles. The van der Waals surface area contributed by atoms with Crippen LogP contribution in [0.15, 0.2) is 66.7 Å². The molecule has 0 unspecified atom stereocenters. The summed E-state index contributed by atoms with van der Waals surface area (Å²) in [6.45, 7) is 1.58. The van der Waals surface area contributed by atoms with Gasteiger partial charge in [-0.15, -0.1) is 0 Å². The molecule has 0 radical (unpaired) electrons. The summed E-state index contributed by atoms with van der Waals surface area (Å²) >= 11 is 0. The van der Waals surface area contributed by atoms with Crippen LogP contribution in [0.2, 0.25) is 0 Å². The van der Waals surface area contributed by atoms with E-state index in [1.807, 2.05) is 66.7 Å². The third kappa shape index (κ3) is 3.06. The molecule has 0 atom stereocenters. The van der Waals surface area contributed by atoms with Crippen molar-refractivity contribution in [3.8, 4) is 22.9 Å². The fourth-order valence-corrected chi connectivity index (χ4v) is 3.90. The van der Waals surface area contributed by atoms with Gasteiger partial charge in [0.1, 0.15) is 12.4 Å². The maximum Gasteiger partial charge on any atom is 0.253 e. The normalized spacial score (nSPS) is 13.0. The van der Waals surface area contributed by atoms with Crippen LogP contribution in [-0.4, -0.2) is 29.1 Å². The monoisotopic (exact) mass is 399 g/mol. The number of benzene rings is 3. The summed E-state index contributed by atoms with van der Waals surface area (Å²) in [6.07, 6.45) is 0. The van der Waals surface area contributed by atoms with Gasteiger partial charge in [0, 0.05) is 13.1 Å². The van der Waals surface area contributed by atoms with Crippen LogP contribution in [0.1, 0.15) is 15.9 Å². The molecule has 1 N–H and O–H groups in total. The maximum absolute atomic E-state index is 12.5. The predicted molar refractivity (Wildman–Crippen MR) is 115 cm³/mol. The maximum atomic E-state index is 12.5. The molecule has 0 saturated carbocycles. The first kappa shape index (κ1) is 18.2. The number of hydrogen-bond donors (Lipinski definition) is 1. The number of para-hydroxylation sites is 2. The second-order valence-corrected chi connectivity index (χ2v) is 7.13. The van der Waals surface area contributed by atoms with Crippen molar-refractivity contribution in [2.45, 2.75) is 13.2 Å². The van der Waals surface area contributed by atoms with Crippen molar-refractivity contribution in [1.29, 1.82) is 0 Å². The smallest absolute Gasteiger partial charge is 0.253 e. The van der Waals surface area contributed by atoms with E-state index in [9.17, 15) is 4.79 Å². The van der Waals surface area contributed by atoms with Gasteiger partial charge in [-0.05, 0) is 29.8 Å². The number of rotatable bonds is 5. The molecule has 0 bridgehead atoms. The Kier molecular flexibility index (Phi) is 4.59. The van der Waals surface area contributed by atoms with Crippen LogP contribution in [0.4, 0.5) is 0 Å². The quantitative estimate of drug-likeness (QED) is 0.550. The van der Waals surface area contributed by atoms with Gasteiger partial charge in [-0.25, -0.2) is 4.98 Å². The van der Waals surface area contributed by atoms with Crippen LogP contribution < -0.4 is 14.8 Å². The molecular formula is C24H21N3O3. The van der Waals surface area contributed by atoms with Crippen LogP contribution in [0.25, 0.3) is 22.4 Å². The molecule has 30 heavy (non-hydrogen) atoms. The van der Waals surface area contributed by atoms with E-state index in [0.29, 0.717) is 36.8 Å². The lowest BCUT2D eigenvalue weighted by Crippen LogP contribution is -2.24. The number of carbonyl (C=O) groups excluding carboxylic acids is 1. The first-order chi connectivity index (χ1) is 14.8. The largest absolute Gasteiger partial charge is 0.493 e. The highest BCUT2D eigenvalue weighted by Crippen LogP contribution is 2.40. The number of carbonyl (C=O) groups is 1. The summed E-state index contributed by atoms with van der Waals surface area (Å²) < 4.78 is 13.9. The Bertz CT molecular complexity index is 1230. The van der Waals surface area contributed by atoms with E-state index in [-0.39, 0.29) is 5.91 Å². The van der Waals surface area contributed by atoms with E-state index in [1.54, 1.807) is 7.11 Å². The molecule has 0 fully saturated rings. The highest BCUT2D eigenvalue weighted by atomic mass is 16.5. The molecule has 4 aromatic rings. The van der Waals surface area contributed by atoms with Crippen molar-refractivity contribution in [1.82, 2.24) is 14.9 Å². The van der Waals surface area contributed by atoms with Crippen molar-refractivity contribution in [3.63, 3.8) is 0 Å². The average molecular weight is 399 g/mol. The number of hydrogen-bond acceptors (Lipinski definition) is 4. The molecule has 2 heterocycles. The van der Waals surface area contributed by atoms with Gasteiger partial charge in [-0.2, -0.15) is 0 Å². The second-order valence-electron chi connectivity index (χ2n) is 7.13. The lowest BCUT2D eigenvalue weighted by molar-refractivity contribution is 0.0956. The molecule has 1 amide bonds. The molecule has 0 aliphatic carbocycles. The minimum Gasteiger partial charge on any atom is -0.493 e. The molecule has 6 nitrogen and oxygen atoms in total. The molecule has 5 rings (SSSR count). The van der Waals surface area contributed by atoms with E-state index in [1.165, 1.54) is 0 Å². The number of amides is 1. The first-order valence-electron chi connectivity index (χ1n) is 9.88. The Labute approximate surface area is 174 Å². The second kappa shape index (κ2) is 7.55. The molecule has 3 aromatic carbocycles.